The number of rotatable bonds is 5. The molecule has 0 spiro atoms. The molecule has 1 rings (SSSR count). The average Bonchev–Trinajstić information content (AvgIpc) is 2.25. The number of likely N-dealkylation sites (N-methyl/N-ethyl adjacent to an activating group) is 1. The summed E-state index contributed by atoms with van der Waals surface area (Å²) in [7, 11) is 0. The highest BCUT2D eigenvalue weighted by molar-refractivity contribution is 5.69. The van der Waals surface area contributed by atoms with Crippen LogP contribution in [0, 0.1) is 6.92 Å². The Bertz CT molecular complexity index is 368. The molecule has 1 unspecified atom stereocenters. The van der Waals surface area contributed by atoms with E-state index in [0.29, 0.717) is 6.54 Å². The zero-order valence-corrected chi connectivity index (χ0v) is 9.84. The van der Waals surface area contributed by atoms with Crippen molar-refractivity contribution in [2.45, 2.75) is 26.8 Å². The predicted molar refractivity (Wildman–Crippen MR) is 60.1 cm³/mol. The van der Waals surface area contributed by atoms with Crippen LogP contribution in [0.5, 0.6) is 0 Å². The van der Waals surface area contributed by atoms with Crippen LogP contribution in [0.25, 0.3) is 0 Å². The Balaban J connectivity index is 2.86. The van der Waals surface area contributed by atoms with E-state index in [1.54, 1.807) is 12.4 Å². The minimum Gasteiger partial charge on any atom is -0.480 e. The van der Waals surface area contributed by atoms with Crippen LogP contribution in [0.15, 0.2) is 12.4 Å². The normalized spacial score (nSPS) is 12.8. The van der Waals surface area contributed by atoms with Crippen molar-refractivity contribution in [1.82, 2.24) is 14.9 Å². The number of aliphatic carboxylic acids is 1. The number of aromatic nitrogens is 2. The Labute approximate surface area is 95.1 Å². The third-order valence-electron chi connectivity index (χ3n) is 2.61. The largest absolute Gasteiger partial charge is 0.480 e. The molecule has 0 bridgehead atoms. The Kier molecular flexibility index (Phi) is 4.37. The second kappa shape index (κ2) is 5.55. The van der Waals surface area contributed by atoms with Gasteiger partial charge in [0.25, 0.3) is 0 Å². The summed E-state index contributed by atoms with van der Waals surface area (Å²) in [6, 6.07) is -0.0326. The summed E-state index contributed by atoms with van der Waals surface area (Å²) in [4.78, 5) is 21.0. The van der Waals surface area contributed by atoms with Crippen LogP contribution in [0.1, 0.15) is 31.3 Å². The van der Waals surface area contributed by atoms with E-state index in [1.165, 1.54) is 0 Å². The van der Waals surface area contributed by atoms with Gasteiger partial charge in [0, 0.05) is 12.4 Å². The van der Waals surface area contributed by atoms with Gasteiger partial charge in [0.2, 0.25) is 0 Å². The minimum atomic E-state index is -0.824. The first-order valence-corrected chi connectivity index (χ1v) is 5.29. The van der Waals surface area contributed by atoms with Crippen molar-refractivity contribution in [1.29, 1.82) is 0 Å². The van der Waals surface area contributed by atoms with E-state index >= 15 is 0 Å². The highest BCUT2D eigenvalue weighted by atomic mass is 16.4. The number of hydrogen-bond donors (Lipinski definition) is 1. The molecule has 0 aliphatic rings. The van der Waals surface area contributed by atoms with E-state index in [2.05, 4.69) is 9.97 Å². The van der Waals surface area contributed by atoms with Gasteiger partial charge in [0.1, 0.15) is 0 Å². The molecule has 1 heterocycles. The maximum Gasteiger partial charge on any atom is 0.317 e. The van der Waals surface area contributed by atoms with Crippen LogP contribution in [-0.2, 0) is 4.79 Å². The van der Waals surface area contributed by atoms with Gasteiger partial charge in [0.15, 0.2) is 0 Å². The second-order valence-electron chi connectivity index (χ2n) is 3.66. The lowest BCUT2D eigenvalue weighted by atomic mass is 10.1. The van der Waals surface area contributed by atoms with Gasteiger partial charge in [-0.1, -0.05) is 6.92 Å². The lowest BCUT2D eigenvalue weighted by Crippen LogP contribution is -2.33. The van der Waals surface area contributed by atoms with Crippen molar-refractivity contribution in [3.8, 4) is 0 Å². The molecule has 0 radical (unpaired) electrons. The fourth-order valence-electron chi connectivity index (χ4n) is 1.70. The van der Waals surface area contributed by atoms with Gasteiger partial charge in [-0.25, -0.2) is 0 Å². The molecular formula is C11H17N3O2. The lowest BCUT2D eigenvalue weighted by Gasteiger charge is -2.26. The minimum absolute atomic E-state index is 0.0215. The van der Waals surface area contributed by atoms with Gasteiger partial charge in [-0.2, -0.15) is 0 Å². The zero-order valence-electron chi connectivity index (χ0n) is 9.84. The van der Waals surface area contributed by atoms with Crippen LogP contribution in [0.2, 0.25) is 0 Å². The number of aryl methyl sites for hydroxylation is 1. The monoisotopic (exact) mass is 223 g/mol. The maximum atomic E-state index is 10.7. The fourth-order valence-corrected chi connectivity index (χ4v) is 1.70. The summed E-state index contributed by atoms with van der Waals surface area (Å²) < 4.78 is 0. The van der Waals surface area contributed by atoms with Gasteiger partial charge in [0.05, 0.1) is 24.0 Å². The molecule has 1 atom stereocenters. The predicted octanol–water partition coefficient (Wildman–Crippen LogP) is 1.25. The van der Waals surface area contributed by atoms with Gasteiger partial charge in [-0.3, -0.25) is 19.7 Å². The summed E-state index contributed by atoms with van der Waals surface area (Å²) in [5.41, 5.74) is 1.68. The molecule has 0 fully saturated rings. The SMILES string of the molecule is CCN(CC(=O)O)C(C)c1nccnc1C. The van der Waals surface area contributed by atoms with Crippen LogP contribution in [0.4, 0.5) is 0 Å². The summed E-state index contributed by atoms with van der Waals surface area (Å²) in [5.74, 6) is -0.824. The molecule has 88 valence electrons. The van der Waals surface area contributed by atoms with E-state index in [0.717, 1.165) is 11.4 Å². The van der Waals surface area contributed by atoms with Crippen LogP contribution in [-0.4, -0.2) is 39.0 Å². The van der Waals surface area contributed by atoms with Crippen LogP contribution in [0.3, 0.4) is 0 Å². The quantitative estimate of drug-likeness (QED) is 0.813. The number of nitrogens with zero attached hydrogens (tertiary/aromatic N) is 3. The van der Waals surface area contributed by atoms with Crippen molar-refractivity contribution in [3.05, 3.63) is 23.8 Å². The van der Waals surface area contributed by atoms with Crippen LogP contribution >= 0.6 is 0 Å². The first-order chi connectivity index (χ1) is 7.56. The summed E-state index contributed by atoms with van der Waals surface area (Å²) in [6.45, 7) is 6.46. The number of carboxylic acid groups (broad SMARTS) is 1. The highest BCUT2D eigenvalue weighted by Gasteiger charge is 2.19. The zero-order chi connectivity index (χ0) is 12.1. The molecule has 1 aromatic rings. The van der Waals surface area contributed by atoms with Crippen molar-refractivity contribution in [3.63, 3.8) is 0 Å². The van der Waals surface area contributed by atoms with Gasteiger partial charge >= 0.3 is 5.97 Å². The van der Waals surface area contributed by atoms with E-state index in [4.69, 9.17) is 5.11 Å². The number of carboxylic acids is 1. The summed E-state index contributed by atoms with van der Waals surface area (Å²) >= 11 is 0. The first kappa shape index (κ1) is 12.6. The number of hydrogen-bond acceptors (Lipinski definition) is 4. The van der Waals surface area contributed by atoms with E-state index in [1.807, 2.05) is 25.7 Å². The maximum absolute atomic E-state index is 10.7. The topological polar surface area (TPSA) is 66.3 Å². The standard InChI is InChI=1S/C11H17N3O2/c1-4-14(7-10(15)16)9(3)11-8(2)12-5-6-13-11/h5-6,9H,4,7H2,1-3H3,(H,15,16). The second-order valence-corrected chi connectivity index (χ2v) is 3.66. The smallest absolute Gasteiger partial charge is 0.317 e. The molecule has 16 heavy (non-hydrogen) atoms. The third-order valence-corrected chi connectivity index (χ3v) is 2.61. The third kappa shape index (κ3) is 3.00. The molecule has 0 aliphatic carbocycles. The Morgan fingerprint density at radius 3 is 2.62 bits per heavy atom. The highest BCUT2D eigenvalue weighted by Crippen LogP contribution is 2.19. The average molecular weight is 223 g/mol. The Morgan fingerprint density at radius 1 is 1.50 bits per heavy atom. The molecule has 5 nitrogen and oxygen atoms in total. The van der Waals surface area contributed by atoms with Crippen molar-refractivity contribution >= 4 is 5.97 Å². The summed E-state index contributed by atoms with van der Waals surface area (Å²) in [6.07, 6.45) is 3.27. The lowest BCUT2D eigenvalue weighted by molar-refractivity contribution is -0.138. The van der Waals surface area contributed by atoms with Gasteiger partial charge < -0.3 is 5.11 Å². The van der Waals surface area contributed by atoms with Crippen molar-refractivity contribution < 1.29 is 9.90 Å². The van der Waals surface area contributed by atoms with E-state index in [-0.39, 0.29) is 12.6 Å². The number of carbonyl (C=O) groups is 1. The molecule has 0 saturated heterocycles. The van der Waals surface area contributed by atoms with Gasteiger partial charge in [-0.05, 0) is 20.4 Å². The fraction of sp³-hybridized carbons (Fsp3) is 0.545. The Hall–Kier alpha value is -1.49. The van der Waals surface area contributed by atoms with E-state index < -0.39 is 5.97 Å². The molecule has 0 aliphatic heterocycles. The molecule has 0 amide bonds. The molecule has 0 saturated carbocycles. The molecular weight excluding hydrogens is 206 g/mol. The molecule has 0 aromatic carbocycles. The molecule has 5 heteroatoms. The summed E-state index contributed by atoms with van der Waals surface area (Å²) in [5, 5.41) is 8.80. The van der Waals surface area contributed by atoms with E-state index in [9.17, 15) is 4.79 Å². The van der Waals surface area contributed by atoms with Crippen molar-refractivity contribution in [2.24, 2.45) is 0 Å². The molecule has 1 N–H and O–H groups in total. The van der Waals surface area contributed by atoms with Crippen molar-refractivity contribution in [2.75, 3.05) is 13.1 Å². The van der Waals surface area contributed by atoms with Crippen LogP contribution < -0.4 is 0 Å². The molecule has 1 aromatic heterocycles. The first-order valence-electron chi connectivity index (χ1n) is 5.29. The Morgan fingerprint density at radius 2 is 2.12 bits per heavy atom. The van der Waals surface area contributed by atoms with Gasteiger partial charge in [-0.15, -0.1) is 0 Å².